The summed E-state index contributed by atoms with van der Waals surface area (Å²) >= 11 is 1.31. The molecule has 0 spiro atoms. The van der Waals surface area contributed by atoms with Gasteiger partial charge < -0.3 is 9.59 Å². The van der Waals surface area contributed by atoms with E-state index in [0.717, 1.165) is 0 Å². The first kappa shape index (κ1) is 7.08. The zero-order chi connectivity index (χ0) is 7.40. The van der Waals surface area contributed by atoms with E-state index in [4.69, 9.17) is 0 Å². The normalized spacial score (nSPS) is 9.70. The Bertz CT molecular complexity index is 212. The van der Waals surface area contributed by atoms with Crippen LogP contribution in [0.3, 0.4) is 0 Å². The molecule has 0 fully saturated rings. The lowest BCUT2D eigenvalue weighted by molar-refractivity contribution is -0.116. The van der Waals surface area contributed by atoms with Crippen molar-refractivity contribution in [2.75, 3.05) is 0 Å². The predicted molar refractivity (Wildman–Crippen MR) is 37.0 cm³/mol. The molecule has 1 aromatic rings. The average molecular weight is 155 g/mol. The van der Waals surface area contributed by atoms with Crippen LogP contribution in [0.5, 0.6) is 0 Å². The number of hydrogen-bond donors (Lipinski definition) is 0. The van der Waals surface area contributed by atoms with Crippen LogP contribution in [0.25, 0.3) is 0 Å². The van der Waals surface area contributed by atoms with E-state index in [2.05, 4.69) is 4.98 Å². The summed E-state index contributed by atoms with van der Waals surface area (Å²) in [7, 11) is 0. The molecule has 1 rings (SSSR count). The Morgan fingerprint density at radius 3 is 2.60 bits per heavy atom. The summed E-state index contributed by atoms with van der Waals surface area (Å²) in [5, 5.41) is 2.29. The number of carbonyl (C=O) groups excluding carboxylic acids is 2. The van der Waals surface area contributed by atoms with Crippen LogP contribution in [-0.4, -0.2) is 17.6 Å². The maximum Gasteiger partial charge on any atom is 0.137 e. The maximum absolute atomic E-state index is 10.2. The fraction of sp³-hybridized carbons (Fsp3) is 0.167. The molecule has 1 aromatic heterocycles. The third-order valence-electron chi connectivity index (χ3n) is 1.03. The highest BCUT2D eigenvalue weighted by Crippen LogP contribution is 2.12. The van der Waals surface area contributed by atoms with Crippen molar-refractivity contribution in [3.05, 3.63) is 16.6 Å². The molecule has 0 amide bonds. The number of aromatic nitrogens is 1. The molecule has 3 nitrogen and oxygen atoms in total. The topological polar surface area (TPSA) is 47.0 Å². The SMILES string of the molecule is O=CC(C=O)c1nccs1. The van der Waals surface area contributed by atoms with Crippen molar-refractivity contribution < 1.29 is 9.59 Å². The highest BCUT2D eigenvalue weighted by molar-refractivity contribution is 7.09. The van der Waals surface area contributed by atoms with Gasteiger partial charge in [-0.25, -0.2) is 4.98 Å². The number of hydrogen-bond acceptors (Lipinski definition) is 4. The lowest BCUT2D eigenvalue weighted by Gasteiger charge is -1.91. The van der Waals surface area contributed by atoms with Gasteiger partial charge in [-0.1, -0.05) is 0 Å². The Morgan fingerprint density at radius 1 is 1.50 bits per heavy atom. The number of aldehydes is 2. The summed E-state index contributed by atoms with van der Waals surface area (Å²) in [4.78, 5) is 24.2. The molecule has 0 N–H and O–H groups in total. The van der Waals surface area contributed by atoms with E-state index in [9.17, 15) is 9.59 Å². The molecule has 0 bridgehead atoms. The summed E-state index contributed by atoms with van der Waals surface area (Å²) in [5.74, 6) is -0.667. The molecular weight excluding hydrogens is 150 g/mol. The Morgan fingerprint density at radius 2 is 2.20 bits per heavy atom. The second-order valence-corrected chi connectivity index (χ2v) is 2.59. The van der Waals surface area contributed by atoms with Crippen LogP contribution in [0.2, 0.25) is 0 Å². The minimum Gasteiger partial charge on any atom is -0.302 e. The number of carbonyl (C=O) groups is 2. The van der Waals surface area contributed by atoms with Gasteiger partial charge in [-0.2, -0.15) is 0 Å². The van der Waals surface area contributed by atoms with Gasteiger partial charge in [-0.05, 0) is 0 Å². The van der Waals surface area contributed by atoms with Gasteiger partial charge in [0.15, 0.2) is 0 Å². The fourth-order valence-corrected chi connectivity index (χ4v) is 1.20. The molecule has 0 aliphatic rings. The second-order valence-electron chi connectivity index (χ2n) is 1.67. The molecule has 0 unspecified atom stereocenters. The van der Waals surface area contributed by atoms with Crippen molar-refractivity contribution in [3.8, 4) is 0 Å². The first-order valence-electron chi connectivity index (χ1n) is 2.68. The number of rotatable bonds is 3. The zero-order valence-corrected chi connectivity index (χ0v) is 5.88. The Labute approximate surface area is 61.7 Å². The monoisotopic (exact) mass is 155 g/mol. The largest absolute Gasteiger partial charge is 0.302 e. The van der Waals surface area contributed by atoms with E-state index >= 15 is 0 Å². The van der Waals surface area contributed by atoms with Crippen LogP contribution in [0.4, 0.5) is 0 Å². The molecule has 52 valence electrons. The minimum atomic E-state index is -0.667. The molecular formula is C6H5NO2S. The van der Waals surface area contributed by atoms with Crippen molar-refractivity contribution in [2.45, 2.75) is 5.92 Å². The van der Waals surface area contributed by atoms with Gasteiger partial charge in [0.25, 0.3) is 0 Å². The van der Waals surface area contributed by atoms with E-state index in [1.807, 2.05) is 0 Å². The molecule has 4 heteroatoms. The van der Waals surface area contributed by atoms with Gasteiger partial charge in [0.05, 0.1) is 0 Å². The molecule has 10 heavy (non-hydrogen) atoms. The zero-order valence-electron chi connectivity index (χ0n) is 5.06. The average Bonchev–Trinajstić information content (AvgIpc) is 2.43. The van der Waals surface area contributed by atoms with Crippen molar-refractivity contribution in [1.29, 1.82) is 0 Å². The summed E-state index contributed by atoms with van der Waals surface area (Å²) in [6, 6.07) is 0. The first-order valence-corrected chi connectivity index (χ1v) is 3.56. The van der Waals surface area contributed by atoms with E-state index < -0.39 is 5.92 Å². The minimum absolute atomic E-state index is 0.560. The van der Waals surface area contributed by atoms with E-state index in [1.165, 1.54) is 11.3 Å². The Kier molecular flexibility index (Phi) is 2.28. The fourth-order valence-electron chi connectivity index (χ4n) is 0.548. The van der Waals surface area contributed by atoms with Gasteiger partial charge >= 0.3 is 0 Å². The van der Waals surface area contributed by atoms with E-state index in [1.54, 1.807) is 11.6 Å². The van der Waals surface area contributed by atoms with Crippen LogP contribution < -0.4 is 0 Å². The Balaban J connectivity index is 2.82. The summed E-state index contributed by atoms with van der Waals surface area (Å²) in [6.45, 7) is 0. The lowest BCUT2D eigenvalue weighted by Crippen LogP contribution is -1.99. The molecule has 0 saturated heterocycles. The van der Waals surface area contributed by atoms with Crippen molar-refractivity contribution in [3.63, 3.8) is 0 Å². The van der Waals surface area contributed by atoms with Crippen LogP contribution in [0.15, 0.2) is 11.6 Å². The van der Waals surface area contributed by atoms with Crippen LogP contribution in [0.1, 0.15) is 10.9 Å². The highest BCUT2D eigenvalue weighted by atomic mass is 32.1. The molecule has 0 aliphatic carbocycles. The molecule has 0 saturated carbocycles. The third kappa shape index (κ3) is 1.27. The first-order chi connectivity index (χ1) is 4.88. The summed E-state index contributed by atoms with van der Waals surface area (Å²) in [5.41, 5.74) is 0. The summed E-state index contributed by atoms with van der Waals surface area (Å²) in [6.07, 6.45) is 2.75. The highest BCUT2D eigenvalue weighted by Gasteiger charge is 2.09. The predicted octanol–water partition coefficient (Wildman–Crippen LogP) is 0.625. The second kappa shape index (κ2) is 3.22. The number of nitrogens with zero attached hydrogens (tertiary/aromatic N) is 1. The molecule has 1 heterocycles. The molecule has 0 radical (unpaired) electrons. The third-order valence-corrected chi connectivity index (χ3v) is 1.91. The molecule has 0 aromatic carbocycles. The van der Waals surface area contributed by atoms with Gasteiger partial charge in [-0.3, -0.25) is 0 Å². The lowest BCUT2D eigenvalue weighted by atomic mass is 10.2. The van der Waals surface area contributed by atoms with Crippen LogP contribution in [0, 0.1) is 0 Å². The number of thiazole rings is 1. The van der Waals surface area contributed by atoms with Crippen molar-refractivity contribution >= 4 is 23.9 Å². The molecule has 0 atom stereocenters. The van der Waals surface area contributed by atoms with Crippen molar-refractivity contribution in [1.82, 2.24) is 4.98 Å². The maximum atomic E-state index is 10.2. The van der Waals surface area contributed by atoms with Gasteiger partial charge in [0.1, 0.15) is 23.5 Å². The van der Waals surface area contributed by atoms with Gasteiger partial charge in [0, 0.05) is 11.6 Å². The quantitative estimate of drug-likeness (QED) is 0.475. The van der Waals surface area contributed by atoms with E-state index in [-0.39, 0.29) is 0 Å². The smallest absolute Gasteiger partial charge is 0.137 e. The summed E-state index contributed by atoms with van der Waals surface area (Å²) < 4.78 is 0. The Hall–Kier alpha value is -1.03. The van der Waals surface area contributed by atoms with E-state index in [0.29, 0.717) is 17.6 Å². The van der Waals surface area contributed by atoms with Crippen LogP contribution >= 0.6 is 11.3 Å². The van der Waals surface area contributed by atoms with Crippen LogP contribution in [-0.2, 0) is 9.59 Å². The molecule has 0 aliphatic heterocycles. The van der Waals surface area contributed by atoms with Gasteiger partial charge in [0.2, 0.25) is 0 Å². The van der Waals surface area contributed by atoms with Gasteiger partial charge in [-0.15, -0.1) is 11.3 Å². The standard InChI is InChI=1S/C6H5NO2S/c8-3-5(4-9)6-7-1-2-10-6/h1-5H. The van der Waals surface area contributed by atoms with Crippen molar-refractivity contribution in [2.24, 2.45) is 0 Å².